The highest BCUT2D eigenvalue weighted by molar-refractivity contribution is 6.31. The molecule has 0 bridgehead atoms. The van der Waals surface area contributed by atoms with E-state index in [9.17, 15) is 13.6 Å². The molecule has 0 unspecified atom stereocenters. The van der Waals surface area contributed by atoms with E-state index >= 15 is 0 Å². The van der Waals surface area contributed by atoms with Crippen LogP contribution in [0.5, 0.6) is 0 Å². The van der Waals surface area contributed by atoms with E-state index in [0.717, 1.165) is 36.6 Å². The lowest BCUT2D eigenvalue weighted by Gasteiger charge is -2.33. The number of fused-ring (bicyclic) bond motifs is 1. The quantitative estimate of drug-likeness (QED) is 0.734. The van der Waals surface area contributed by atoms with E-state index in [1.54, 1.807) is 4.90 Å². The van der Waals surface area contributed by atoms with Gasteiger partial charge in [0, 0.05) is 29.8 Å². The maximum absolute atomic E-state index is 12.8. The second-order valence-corrected chi connectivity index (χ2v) is 6.97. The van der Waals surface area contributed by atoms with Crippen LogP contribution >= 0.6 is 11.6 Å². The van der Waals surface area contributed by atoms with Gasteiger partial charge in [-0.1, -0.05) is 31.5 Å². The lowest BCUT2D eigenvalue weighted by molar-refractivity contribution is 0.0750. The standard InChI is InChI=1S/C18H17ClF2N4O.C2H6/c1-10-22-15-9-25(8-13(15)17(23-10)24-5-2-6-24)18(26)11-3-4-12(16(20)21)14(19)7-11;1-2/h3-4,7,16H,2,5-6,8-9H2,1H3;1-2H3. The van der Waals surface area contributed by atoms with E-state index in [0.29, 0.717) is 24.5 Å². The van der Waals surface area contributed by atoms with Crippen molar-refractivity contribution < 1.29 is 13.6 Å². The third-order valence-corrected chi connectivity index (χ3v) is 5.12. The summed E-state index contributed by atoms with van der Waals surface area (Å²) >= 11 is 5.90. The summed E-state index contributed by atoms with van der Waals surface area (Å²) in [6, 6.07) is 3.91. The van der Waals surface area contributed by atoms with Crippen molar-refractivity contribution in [3.05, 3.63) is 51.4 Å². The second-order valence-electron chi connectivity index (χ2n) is 6.56. The summed E-state index contributed by atoms with van der Waals surface area (Å²) in [6.07, 6.45) is -1.53. The minimum atomic E-state index is -2.67. The molecule has 0 atom stereocenters. The fourth-order valence-electron chi connectivity index (χ4n) is 3.31. The molecule has 28 heavy (non-hydrogen) atoms. The number of aryl methyl sites for hydroxylation is 1. The summed E-state index contributed by atoms with van der Waals surface area (Å²) in [5, 5.41) is -0.0977. The van der Waals surface area contributed by atoms with Gasteiger partial charge < -0.3 is 9.80 Å². The molecule has 0 aliphatic carbocycles. The number of hydrogen-bond acceptors (Lipinski definition) is 4. The maximum atomic E-state index is 12.8. The van der Waals surface area contributed by atoms with E-state index < -0.39 is 6.43 Å². The van der Waals surface area contributed by atoms with Crippen LogP contribution in [0.1, 0.15) is 59.7 Å². The Bertz CT molecular complexity index is 887. The average Bonchev–Trinajstić information content (AvgIpc) is 3.05. The molecule has 1 amide bonds. The number of amides is 1. The van der Waals surface area contributed by atoms with Crippen molar-refractivity contribution in [1.29, 1.82) is 0 Å². The van der Waals surface area contributed by atoms with Gasteiger partial charge in [-0.2, -0.15) is 0 Å². The summed E-state index contributed by atoms with van der Waals surface area (Å²) in [4.78, 5) is 25.7. The number of nitrogens with zero attached hydrogens (tertiary/aromatic N) is 4. The molecule has 1 saturated heterocycles. The molecule has 3 heterocycles. The zero-order valence-corrected chi connectivity index (χ0v) is 16.9. The van der Waals surface area contributed by atoms with E-state index in [1.807, 2.05) is 20.8 Å². The Labute approximate surface area is 168 Å². The molecule has 4 rings (SSSR count). The number of carbonyl (C=O) groups is 1. The molecule has 0 N–H and O–H groups in total. The molecule has 2 aliphatic rings. The Kier molecular flexibility index (Phi) is 6.13. The fraction of sp³-hybridized carbons (Fsp3) is 0.450. The van der Waals surface area contributed by atoms with E-state index in [4.69, 9.17) is 11.6 Å². The highest BCUT2D eigenvalue weighted by Gasteiger charge is 2.32. The Morgan fingerprint density at radius 2 is 1.89 bits per heavy atom. The SMILES string of the molecule is CC.Cc1nc2c(c(N3CCC3)n1)CN(C(=O)c1ccc(C(F)F)c(Cl)c1)C2. The fourth-order valence-corrected chi connectivity index (χ4v) is 3.57. The van der Waals surface area contributed by atoms with Crippen molar-refractivity contribution in [3.8, 4) is 0 Å². The van der Waals surface area contributed by atoms with Gasteiger partial charge in [0.15, 0.2) is 0 Å². The van der Waals surface area contributed by atoms with Crippen LogP contribution in [0.3, 0.4) is 0 Å². The summed E-state index contributed by atoms with van der Waals surface area (Å²) < 4.78 is 25.7. The van der Waals surface area contributed by atoms with Gasteiger partial charge in [0.1, 0.15) is 11.6 Å². The van der Waals surface area contributed by atoms with E-state index in [-0.39, 0.29) is 16.5 Å². The first-order chi connectivity index (χ1) is 13.4. The highest BCUT2D eigenvalue weighted by Crippen LogP contribution is 2.33. The summed E-state index contributed by atoms with van der Waals surface area (Å²) in [7, 11) is 0. The van der Waals surface area contributed by atoms with Crippen LogP contribution in [-0.2, 0) is 13.1 Å². The first-order valence-electron chi connectivity index (χ1n) is 9.42. The Hall–Kier alpha value is -2.28. The second kappa shape index (κ2) is 8.39. The van der Waals surface area contributed by atoms with Gasteiger partial charge in [0.2, 0.25) is 0 Å². The van der Waals surface area contributed by atoms with Crippen LogP contribution in [0, 0.1) is 6.92 Å². The lowest BCUT2D eigenvalue weighted by Crippen LogP contribution is -2.38. The number of anilines is 1. The molecule has 1 aromatic carbocycles. The summed E-state index contributed by atoms with van der Waals surface area (Å²) in [5.74, 6) is 1.34. The average molecular weight is 409 g/mol. The van der Waals surface area contributed by atoms with E-state index in [2.05, 4.69) is 14.9 Å². The monoisotopic (exact) mass is 408 g/mol. The Morgan fingerprint density at radius 1 is 1.18 bits per heavy atom. The number of carbonyl (C=O) groups excluding carboxylic acids is 1. The summed E-state index contributed by atoms with van der Waals surface area (Å²) in [5.41, 5.74) is 1.85. The molecule has 0 spiro atoms. The number of aromatic nitrogens is 2. The number of alkyl halides is 2. The predicted molar refractivity (Wildman–Crippen MR) is 105 cm³/mol. The van der Waals surface area contributed by atoms with Crippen LogP contribution in [0.2, 0.25) is 5.02 Å². The molecule has 0 saturated carbocycles. The van der Waals surface area contributed by atoms with Crippen molar-refractivity contribution in [2.24, 2.45) is 0 Å². The normalized spacial score (nSPS) is 15.1. The first kappa shape index (κ1) is 20.5. The minimum Gasteiger partial charge on any atom is -0.356 e. The molecule has 2 aromatic rings. The minimum absolute atomic E-state index is 0.0977. The van der Waals surface area contributed by atoms with Crippen molar-refractivity contribution in [2.45, 2.75) is 46.7 Å². The molecular formula is C20H23ClF2N4O. The third-order valence-electron chi connectivity index (χ3n) is 4.80. The molecule has 5 nitrogen and oxygen atoms in total. The summed E-state index contributed by atoms with van der Waals surface area (Å²) in [6.45, 7) is 8.56. The van der Waals surface area contributed by atoms with Crippen LogP contribution in [0.25, 0.3) is 0 Å². The molecular weight excluding hydrogens is 386 g/mol. The number of halogens is 3. The largest absolute Gasteiger partial charge is 0.356 e. The van der Waals surface area contributed by atoms with Gasteiger partial charge in [0.25, 0.3) is 12.3 Å². The zero-order chi connectivity index (χ0) is 20.4. The molecule has 2 aliphatic heterocycles. The first-order valence-corrected chi connectivity index (χ1v) is 9.80. The van der Waals surface area contributed by atoms with Gasteiger partial charge in [0.05, 0.1) is 23.8 Å². The number of benzene rings is 1. The third kappa shape index (κ3) is 3.81. The molecule has 150 valence electrons. The van der Waals surface area contributed by atoms with Crippen molar-refractivity contribution in [3.63, 3.8) is 0 Å². The van der Waals surface area contributed by atoms with Crippen LogP contribution in [0.4, 0.5) is 14.6 Å². The van der Waals surface area contributed by atoms with Crippen LogP contribution < -0.4 is 4.90 Å². The van der Waals surface area contributed by atoms with E-state index in [1.165, 1.54) is 18.2 Å². The van der Waals surface area contributed by atoms with Gasteiger partial charge in [-0.15, -0.1) is 0 Å². The van der Waals surface area contributed by atoms with Gasteiger partial charge in [-0.25, -0.2) is 18.7 Å². The van der Waals surface area contributed by atoms with Crippen molar-refractivity contribution in [1.82, 2.24) is 14.9 Å². The van der Waals surface area contributed by atoms with Crippen molar-refractivity contribution >= 4 is 23.3 Å². The van der Waals surface area contributed by atoms with Crippen molar-refractivity contribution in [2.75, 3.05) is 18.0 Å². The van der Waals surface area contributed by atoms with Crippen LogP contribution in [-0.4, -0.2) is 33.9 Å². The molecule has 1 aromatic heterocycles. The zero-order valence-electron chi connectivity index (χ0n) is 16.2. The Balaban J connectivity index is 0.00000109. The highest BCUT2D eigenvalue weighted by atomic mass is 35.5. The Morgan fingerprint density at radius 3 is 2.46 bits per heavy atom. The smallest absolute Gasteiger partial charge is 0.265 e. The maximum Gasteiger partial charge on any atom is 0.265 e. The number of hydrogen-bond donors (Lipinski definition) is 0. The molecule has 1 fully saturated rings. The van der Waals surface area contributed by atoms with Gasteiger partial charge >= 0.3 is 0 Å². The lowest BCUT2D eigenvalue weighted by atomic mass is 10.1. The predicted octanol–water partition coefficient (Wildman–Crippen LogP) is 4.77. The topological polar surface area (TPSA) is 49.3 Å². The van der Waals surface area contributed by atoms with Gasteiger partial charge in [-0.05, 0) is 25.5 Å². The number of rotatable bonds is 3. The molecule has 8 heteroatoms. The van der Waals surface area contributed by atoms with Crippen LogP contribution in [0.15, 0.2) is 18.2 Å². The van der Waals surface area contributed by atoms with Gasteiger partial charge in [-0.3, -0.25) is 4.79 Å². The molecule has 0 radical (unpaired) electrons.